The van der Waals surface area contributed by atoms with Crippen molar-refractivity contribution >= 4 is 22.5 Å². The minimum atomic E-state index is -3.56. The minimum absolute atomic E-state index is 0.123. The van der Waals surface area contributed by atoms with Gasteiger partial charge in [0.15, 0.2) is 0 Å². The summed E-state index contributed by atoms with van der Waals surface area (Å²) in [6.45, 7) is 2.51. The van der Waals surface area contributed by atoms with Gasteiger partial charge in [0.1, 0.15) is 6.02 Å². The van der Waals surface area contributed by atoms with Crippen LogP contribution in [0, 0.1) is 5.89 Å². The van der Waals surface area contributed by atoms with E-state index in [0.717, 1.165) is 23.3 Å². The summed E-state index contributed by atoms with van der Waals surface area (Å²) < 4.78 is 66.4. The number of nitrogens with zero attached hydrogens (tertiary/aromatic N) is 1. The Labute approximate surface area is 203 Å². The summed E-state index contributed by atoms with van der Waals surface area (Å²) in [5.41, 5.74) is 3.13. The predicted octanol–water partition coefficient (Wildman–Crippen LogP) is 4.85. The van der Waals surface area contributed by atoms with Gasteiger partial charge in [0.25, 0.3) is 0 Å². The monoisotopic (exact) mass is 445 g/mol. The average molecular weight is 446 g/mol. The Balaban J connectivity index is 2.39. The molecule has 1 unspecified atom stereocenters. The summed E-state index contributed by atoms with van der Waals surface area (Å²) in [6, 6.07) is -0.669. The molecule has 0 saturated carbocycles. The number of aromatic amines is 1. The molecule has 174 valence electrons. The highest BCUT2D eigenvalue weighted by Crippen LogP contribution is 2.41. The van der Waals surface area contributed by atoms with Gasteiger partial charge in [-0.15, -0.1) is 6.58 Å². The number of allylic oxidation sites excluding steroid dienone is 3. The Hall–Kier alpha value is -2.53. The van der Waals surface area contributed by atoms with Crippen molar-refractivity contribution in [2.24, 2.45) is 5.89 Å². The van der Waals surface area contributed by atoms with Gasteiger partial charge in [-0.3, -0.25) is 4.79 Å². The zero-order valence-corrected chi connectivity index (χ0v) is 19.3. The summed E-state index contributed by atoms with van der Waals surface area (Å²) in [5, 5.41) is 13.1. The average Bonchev–Trinajstić information content (AvgIpc) is 3.28. The smallest absolute Gasteiger partial charge is 0.243 e. The molecular formula is C27H39N3O2. The van der Waals surface area contributed by atoms with Gasteiger partial charge in [0.05, 0.1) is 19.5 Å². The van der Waals surface area contributed by atoms with E-state index in [0.29, 0.717) is 16.5 Å². The predicted molar refractivity (Wildman–Crippen MR) is 134 cm³/mol. The molecule has 0 saturated heterocycles. The molecule has 3 N–H and O–H groups in total. The Morgan fingerprint density at radius 3 is 2.88 bits per heavy atom. The number of aliphatic hydroxyl groups excluding tert-OH is 1. The second-order valence-electron chi connectivity index (χ2n) is 8.98. The van der Waals surface area contributed by atoms with Crippen LogP contribution in [0.25, 0.3) is 10.9 Å². The molecule has 0 fully saturated rings. The fraction of sp³-hybridized carbons (Fsp3) is 0.519. The number of anilines is 1. The first kappa shape index (κ1) is 15.3. The molecule has 0 radical (unpaired) electrons. The molecule has 32 heavy (non-hydrogen) atoms. The van der Waals surface area contributed by atoms with Crippen LogP contribution in [0.4, 0.5) is 5.69 Å². The Kier molecular flexibility index (Phi) is 4.57. The number of carbonyl (C=O) groups excluding carboxylic acids is 1. The maximum atomic E-state index is 13.7. The van der Waals surface area contributed by atoms with Crippen LogP contribution >= 0.6 is 0 Å². The first-order valence-electron chi connectivity index (χ1n) is 14.9. The van der Waals surface area contributed by atoms with Crippen LogP contribution < -0.4 is 10.2 Å². The van der Waals surface area contributed by atoms with E-state index in [9.17, 15) is 11.3 Å². The molecule has 5 heteroatoms. The van der Waals surface area contributed by atoms with E-state index in [-0.39, 0.29) is 12.1 Å². The van der Waals surface area contributed by atoms with E-state index in [2.05, 4.69) is 23.0 Å². The Morgan fingerprint density at radius 2 is 2.25 bits per heavy atom. The molecule has 0 spiro atoms. The fourth-order valence-corrected chi connectivity index (χ4v) is 4.46. The van der Waals surface area contributed by atoms with E-state index in [4.69, 9.17) is 9.60 Å². The zero-order chi connectivity index (χ0) is 30.5. The summed E-state index contributed by atoms with van der Waals surface area (Å²) in [6.07, 6.45) is 7.38. The van der Waals surface area contributed by atoms with Gasteiger partial charge in [-0.05, 0) is 56.2 Å². The lowest BCUT2D eigenvalue weighted by Gasteiger charge is -2.33. The van der Waals surface area contributed by atoms with Gasteiger partial charge in [0.2, 0.25) is 5.91 Å². The van der Waals surface area contributed by atoms with Crippen LogP contribution in [-0.2, 0) is 16.6 Å². The number of benzene rings is 1. The molecule has 1 aliphatic rings. The van der Waals surface area contributed by atoms with Crippen molar-refractivity contribution in [1.82, 2.24) is 10.3 Å². The zero-order valence-electron chi connectivity index (χ0n) is 27.3. The molecule has 3 rings (SSSR count). The highest BCUT2D eigenvalue weighted by atomic mass is 16.3. The minimum Gasteiger partial charge on any atom is -0.394 e. The molecule has 1 aromatic carbocycles. The molecule has 5 nitrogen and oxygen atoms in total. The summed E-state index contributed by atoms with van der Waals surface area (Å²) in [4.78, 5) is 18.0. The van der Waals surface area contributed by atoms with Crippen LogP contribution in [0.1, 0.15) is 69.4 Å². The number of carbonyl (C=O) groups is 1. The standard InChI is InChI=1S/C27H39N3O2/c1-8-27(6,13-9-10-17(2)3)21-11-12-22-23-19(15-28-24(21)23)14-20(16-31)29-26(32)25(18(4)5)30(22)7/h8,10-12,15,18,20,25,28,31H,1,9,13-14,16H2,2-7H3,(H,29,32)/t20-,25-,27?/m0/s1/i4D3,5D3,18D,25D. The molecule has 0 aliphatic carbocycles. The third-order valence-electron chi connectivity index (χ3n) is 6.35. The van der Waals surface area contributed by atoms with E-state index < -0.39 is 49.6 Å². The molecule has 2 heterocycles. The summed E-state index contributed by atoms with van der Waals surface area (Å²) in [5.74, 6) is -4.85. The van der Waals surface area contributed by atoms with Crippen molar-refractivity contribution < 1.29 is 20.9 Å². The lowest BCUT2D eigenvalue weighted by Crippen LogP contribution is -2.52. The van der Waals surface area contributed by atoms with Crippen molar-refractivity contribution in [3.63, 3.8) is 0 Å². The lowest BCUT2D eigenvalue weighted by atomic mass is 9.77. The number of H-pyrrole nitrogens is 1. The number of likely N-dealkylation sites (N-methyl/N-ethyl adjacent to an activating group) is 1. The van der Waals surface area contributed by atoms with Gasteiger partial charge in [-0.2, -0.15) is 0 Å². The number of amides is 1. The fourth-order valence-electron chi connectivity index (χ4n) is 4.46. The number of aromatic nitrogens is 1. The van der Waals surface area contributed by atoms with Crippen LogP contribution in [0.3, 0.4) is 0 Å². The lowest BCUT2D eigenvalue weighted by molar-refractivity contribution is -0.124. The summed E-state index contributed by atoms with van der Waals surface area (Å²) >= 11 is 0. The molecule has 1 amide bonds. The number of rotatable bonds is 7. The van der Waals surface area contributed by atoms with E-state index >= 15 is 0 Å². The third-order valence-corrected chi connectivity index (χ3v) is 6.35. The molecular weight excluding hydrogens is 398 g/mol. The van der Waals surface area contributed by atoms with Crippen molar-refractivity contribution in [2.45, 2.75) is 71.2 Å². The van der Waals surface area contributed by atoms with E-state index in [1.807, 2.05) is 26.8 Å². The Morgan fingerprint density at radius 1 is 1.50 bits per heavy atom. The van der Waals surface area contributed by atoms with Crippen LogP contribution in [-0.4, -0.2) is 41.7 Å². The second-order valence-corrected chi connectivity index (χ2v) is 8.98. The van der Waals surface area contributed by atoms with Gasteiger partial charge in [0, 0.05) is 39.3 Å². The topological polar surface area (TPSA) is 68.4 Å². The van der Waals surface area contributed by atoms with Crippen molar-refractivity contribution in [1.29, 1.82) is 0 Å². The quantitative estimate of drug-likeness (QED) is 0.534. The first-order chi connectivity index (χ1) is 18.3. The normalized spacial score (nSPS) is 28.0. The number of hydrogen-bond donors (Lipinski definition) is 3. The van der Waals surface area contributed by atoms with Crippen molar-refractivity contribution in [3.8, 4) is 0 Å². The highest BCUT2D eigenvalue weighted by Gasteiger charge is 2.34. The maximum Gasteiger partial charge on any atom is 0.243 e. The van der Waals surface area contributed by atoms with Crippen LogP contribution in [0.15, 0.2) is 42.6 Å². The SMILES string of the molecule is [2H]C([2H])([2H])C([2H])(C([2H])([2H])[2H])[C@@]1([2H])C(=O)N[C@H](CO)Cc2c[nH]c3c(C(C)(C=C)CCC=C(C)C)ccc(c23)N1C. The molecule has 1 aromatic heterocycles. The van der Waals surface area contributed by atoms with Crippen LogP contribution in [0.5, 0.6) is 0 Å². The molecule has 1 aliphatic heterocycles. The van der Waals surface area contributed by atoms with Crippen molar-refractivity contribution in [2.75, 3.05) is 18.6 Å². The molecule has 0 bridgehead atoms. The van der Waals surface area contributed by atoms with Gasteiger partial charge in [-0.25, -0.2) is 0 Å². The van der Waals surface area contributed by atoms with E-state index in [1.54, 1.807) is 18.3 Å². The number of aliphatic hydroxyl groups is 1. The van der Waals surface area contributed by atoms with Gasteiger partial charge >= 0.3 is 0 Å². The van der Waals surface area contributed by atoms with Gasteiger partial charge < -0.3 is 20.3 Å². The van der Waals surface area contributed by atoms with Gasteiger partial charge in [-0.1, -0.05) is 44.4 Å². The number of hydrogen-bond acceptors (Lipinski definition) is 3. The van der Waals surface area contributed by atoms with Crippen LogP contribution in [0.2, 0.25) is 0 Å². The molecule has 2 aromatic rings. The first-order valence-corrected chi connectivity index (χ1v) is 10.9. The highest BCUT2D eigenvalue weighted by molar-refractivity contribution is 6.00. The largest absolute Gasteiger partial charge is 0.394 e. The Bertz CT molecular complexity index is 1300. The van der Waals surface area contributed by atoms with E-state index in [1.165, 1.54) is 12.6 Å². The summed E-state index contributed by atoms with van der Waals surface area (Å²) in [7, 11) is 1.26. The molecule has 3 atom stereocenters. The second kappa shape index (κ2) is 9.53. The maximum absolute atomic E-state index is 13.7. The van der Waals surface area contributed by atoms with Crippen molar-refractivity contribution in [3.05, 3.63) is 53.8 Å². The third kappa shape index (κ3) is 4.49. The number of nitrogens with one attached hydrogen (secondary N) is 2.